The lowest BCUT2D eigenvalue weighted by atomic mass is 10.2. The average Bonchev–Trinajstić information content (AvgIpc) is 3.07. The smallest absolute Gasteiger partial charge is 0.258 e. The lowest BCUT2D eigenvalue weighted by Gasteiger charge is -2.14. The van der Waals surface area contributed by atoms with E-state index in [1.807, 2.05) is 24.4 Å². The number of nitrogens with two attached hydrogens (primary N) is 1. The van der Waals surface area contributed by atoms with Crippen molar-refractivity contribution < 1.29 is 19.1 Å². The molecule has 0 fully saturated rings. The normalized spacial score (nSPS) is 11.6. The van der Waals surface area contributed by atoms with Gasteiger partial charge in [0.15, 0.2) is 6.61 Å². The summed E-state index contributed by atoms with van der Waals surface area (Å²) < 4.78 is 10.5. The molecule has 0 aliphatic rings. The van der Waals surface area contributed by atoms with E-state index >= 15 is 0 Å². The Labute approximate surface area is 138 Å². The van der Waals surface area contributed by atoms with E-state index in [9.17, 15) is 9.59 Å². The minimum Gasteiger partial charge on any atom is -0.497 e. The highest BCUT2D eigenvalue weighted by molar-refractivity contribution is 7.10. The summed E-state index contributed by atoms with van der Waals surface area (Å²) in [5, 5.41) is 4.78. The van der Waals surface area contributed by atoms with Crippen LogP contribution in [0.3, 0.4) is 0 Å². The van der Waals surface area contributed by atoms with E-state index in [-0.39, 0.29) is 29.9 Å². The van der Waals surface area contributed by atoms with Crippen molar-refractivity contribution in [2.24, 2.45) is 5.73 Å². The van der Waals surface area contributed by atoms with Gasteiger partial charge < -0.3 is 20.5 Å². The first-order chi connectivity index (χ1) is 11.0. The van der Waals surface area contributed by atoms with Crippen LogP contribution < -0.4 is 20.5 Å². The Bertz CT molecular complexity index is 685. The Hall–Kier alpha value is -2.54. The molecule has 1 atom stereocenters. The second kappa shape index (κ2) is 7.64. The van der Waals surface area contributed by atoms with Gasteiger partial charge in [0.2, 0.25) is 0 Å². The first-order valence-electron chi connectivity index (χ1n) is 6.94. The molecule has 7 heteroatoms. The Morgan fingerprint density at radius 1 is 1.35 bits per heavy atom. The molecule has 0 aliphatic carbocycles. The summed E-state index contributed by atoms with van der Waals surface area (Å²) in [6.07, 6.45) is 0. The van der Waals surface area contributed by atoms with E-state index in [0.717, 1.165) is 4.88 Å². The van der Waals surface area contributed by atoms with E-state index in [4.69, 9.17) is 15.2 Å². The summed E-state index contributed by atoms with van der Waals surface area (Å²) in [6, 6.07) is 8.40. The van der Waals surface area contributed by atoms with Crippen molar-refractivity contribution in [2.45, 2.75) is 13.0 Å². The Morgan fingerprint density at radius 3 is 2.74 bits per heavy atom. The van der Waals surface area contributed by atoms with Crippen molar-refractivity contribution >= 4 is 23.2 Å². The predicted molar refractivity (Wildman–Crippen MR) is 87.9 cm³/mol. The fraction of sp³-hybridized carbons (Fsp3) is 0.250. The zero-order valence-corrected chi connectivity index (χ0v) is 13.7. The van der Waals surface area contributed by atoms with Crippen molar-refractivity contribution in [3.63, 3.8) is 0 Å². The molecule has 2 rings (SSSR count). The van der Waals surface area contributed by atoms with Crippen LogP contribution >= 0.6 is 11.3 Å². The maximum absolute atomic E-state index is 12.0. The van der Waals surface area contributed by atoms with Crippen LogP contribution in [-0.2, 0) is 4.79 Å². The standard InChI is InChI=1S/C16H18N2O4S/c1-10(14-4-3-7-23-14)18-15(19)9-22-13-8-11(21-2)5-6-12(13)16(17)20/h3-8,10H,9H2,1-2H3,(H2,17,20)(H,18,19). The summed E-state index contributed by atoms with van der Waals surface area (Å²) in [6.45, 7) is 1.67. The fourth-order valence-corrected chi connectivity index (χ4v) is 2.72. The van der Waals surface area contributed by atoms with Gasteiger partial charge in [0.25, 0.3) is 11.8 Å². The molecular weight excluding hydrogens is 316 g/mol. The van der Waals surface area contributed by atoms with Crippen molar-refractivity contribution in [3.8, 4) is 11.5 Å². The molecule has 1 aromatic carbocycles. The molecule has 1 heterocycles. The Kier molecular flexibility index (Phi) is 5.59. The molecule has 0 aliphatic heterocycles. The molecule has 0 saturated heterocycles. The highest BCUT2D eigenvalue weighted by Gasteiger charge is 2.14. The van der Waals surface area contributed by atoms with Gasteiger partial charge in [0.1, 0.15) is 11.5 Å². The lowest BCUT2D eigenvalue weighted by molar-refractivity contribution is -0.123. The molecule has 122 valence electrons. The fourth-order valence-electron chi connectivity index (χ4n) is 1.99. The van der Waals surface area contributed by atoms with Crippen LogP contribution in [0.4, 0.5) is 0 Å². The first kappa shape index (κ1) is 16.8. The number of carbonyl (C=O) groups excluding carboxylic acids is 2. The van der Waals surface area contributed by atoms with Crippen molar-refractivity contribution in [2.75, 3.05) is 13.7 Å². The van der Waals surface area contributed by atoms with Crippen LogP contribution in [0, 0.1) is 0 Å². The molecule has 2 aromatic rings. The molecule has 1 aromatic heterocycles. The van der Waals surface area contributed by atoms with Gasteiger partial charge in [-0.25, -0.2) is 0 Å². The third-order valence-corrected chi connectivity index (χ3v) is 4.22. The van der Waals surface area contributed by atoms with Crippen molar-refractivity contribution in [1.29, 1.82) is 0 Å². The molecule has 0 bridgehead atoms. The second-order valence-corrected chi connectivity index (χ2v) is 5.80. The zero-order valence-electron chi connectivity index (χ0n) is 12.9. The van der Waals surface area contributed by atoms with E-state index in [2.05, 4.69) is 5.32 Å². The average molecular weight is 334 g/mol. The van der Waals surface area contributed by atoms with Crippen LogP contribution in [0.1, 0.15) is 28.2 Å². The minimum atomic E-state index is -0.630. The monoisotopic (exact) mass is 334 g/mol. The summed E-state index contributed by atoms with van der Waals surface area (Å²) in [7, 11) is 1.50. The van der Waals surface area contributed by atoms with Gasteiger partial charge >= 0.3 is 0 Å². The topological polar surface area (TPSA) is 90.7 Å². The van der Waals surface area contributed by atoms with Crippen LogP contribution in [0.25, 0.3) is 0 Å². The molecule has 2 amide bonds. The van der Waals surface area contributed by atoms with Crippen LogP contribution in [-0.4, -0.2) is 25.5 Å². The van der Waals surface area contributed by atoms with Crippen LogP contribution in [0.5, 0.6) is 11.5 Å². The summed E-state index contributed by atoms with van der Waals surface area (Å²) in [5.74, 6) is -0.188. The number of carbonyl (C=O) groups is 2. The van der Waals surface area contributed by atoms with Crippen LogP contribution in [0.15, 0.2) is 35.7 Å². The second-order valence-electron chi connectivity index (χ2n) is 4.82. The van der Waals surface area contributed by atoms with Gasteiger partial charge in [-0.2, -0.15) is 0 Å². The van der Waals surface area contributed by atoms with Gasteiger partial charge in [0, 0.05) is 10.9 Å². The highest BCUT2D eigenvalue weighted by Crippen LogP contribution is 2.24. The minimum absolute atomic E-state index is 0.105. The molecule has 3 N–H and O–H groups in total. The van der Waals surface area contributed by atoms with Gasteiger partial charge in [-0.05, 0) is 30.5 Å². The van der Waals surface area contributed by atoms with Gasteiger partial charge in [-0.3, -0.25) is 9.59 Å². The molecular formula is C16H18N2O4S. The summed E-state index contributed by atoms with van der Waals surface area (Å²) >= 11 is 1.57. The SMILES string of the molecule is COc1ccc(C(N)=O)c(OCC(=O)NC(C)c2cccs2)c1. The first-order valence-corrected chi connectivity index (χ1v) is 7.82. The number of nitrogens with one attached hydrogen (secondary N) is 1. The molecule has 0 radical (unpaired) electrons. The largest absolute Gasteiger partial charge is 0.497 e. The van der Waals surface area contributed by atoms with E-state index in [0.29, 0.717) is 5.75 Å². The number of methoxy groups -OCH3 is 1. The summed E-state index contributed by atoms with van der Waals surface area (Å²) in [4.78, 5) is 24.4. The van der Waals surface area contributed by atoms with E-state index < -0.39 is 5.91 Å². The number of thiophene rings is 1. The molecule has 1 unspecified atom stereocenters. The quantitative estimate of drug-likeness (QED) is 0.811. The Balaban J connectivity index is 1.99. The van der Waals surface area contributed by atoms with E-state index in [1.165, 1.54) is 19.2 Å². The molecule has 6 nitrogen and oxygen atoms in total. The number of hydrogen-bond donors (Lipinski definition) is 2. The molecule has 0 spiro atoms. The zero-order chi connectivity index (χ0) is 16.8. The third-order valence-electron chi connectivity index (χ3n) is 3.16. The molecule has 23 heavy (non-hydrogen) atoms. The highest BCUT2D eigenvalue weighted by atomic mass is 32.1. The van der Waals surface area contributed by atoms with Crippen molar-refractivity contribution in [1.82, 2.24) is 5.32 Å². The van der Waals surface area contributed by atoms with Gasteiger partial charge in [0.05, 0.1) is 18.7 Å². The Morgan fingerprint density at radius 2 is 2.13 bits per heavy atom. The number of rotatable bonds is 7. The number of ether oxygens (including phenoxy) is 2. The third kappa shape index (κ3) is 4.46. The van der Waals surface area contributed by atoms with Crippen molar-refractivity contribution in [3.05, 3.63) is 46.2 Å². The lowest BCUT2D eigenvalue weighted by Crippen LogP contribution is -2.31. The number of benzene rings is 1. The number of amides is 2. The number of primary amides is 1. The number of hydrogen-bond acceptors (Lipinski definition) is 5. The summed E-state index contributed by atoms with van der Waals surface area (Å²) in [5.41, 5.74) is 5.50. The van der Waals surface area contributed by atoms with Gasteiger partial charge in [-0.15, -0.1) is 11.3 Å². The van der Waals surface area contributed by atoms with Crippen LogP contribution in [0.2, 0.25) is 0 Å². The van der Waals surface area contributed by atoms with E-state index in [1.54, 1.807) is 17.4 Å². The van der Waals surface area contributed by atoms with Gasteiger partial charge in [-0.1, -0.05) is 6.07 Å². The maximum atomic E-state index is 12.0. The molecule has 0 saturated carbocycles. The predicted octanol–water partition coefficient (Wildman–Crippen LogP) is 2.11. The maximum Gasteiger partial charge on any atom is 0.258 e.